The molecule has 138 valence electrons. The molecule has 0 bridgehead atoms. The van der Waals surface area contributed by atoms with Crippen LogP contribution in [0.5, 0.6) is 0 Å². The number of fused-ring (bicyclic) bond motifs is 1. The van der Waals surface area contributed by atoms with E-state index in [1.54, 1.807) is 18.2 Å². The van der Waals surface area contributed by atoms with Crippen LogP contribution >= 0.6 is 11.6 Å². The molecule has 0 fully saturated rings. The van der Waals surface area contributed by atoms with Gasteiger partial charge in [-0.25, -0.2) is 9.37 Å². The molecule has 0 radical (unpaired) electrons. The Morgan fingerprint density at radius 2 is 2.00 bits per heavy atom. The first-order chi connectivity index (χ1) is 13.1. The van der Waals surface area contributed by atoms with Gasteiger partial charge in [-0.2, -0.15) is 4.98 Å². The number of hydrogen-bond donors (Lipinski definition) is 1. The van der Waals surface area contributed by atoms with E-state index in [-0.39, 0.29) is 5.82 Å². The second kappa shape index (κ2) is 7.46. The second-order valence-corrected chi connectivity index (χ2v) is 6.83. The fourth-order valence-electron chi connectivity index (χ4n) is 2.89. The highest BCUT2D eigenvalue weighted by Gasteiger charge is 2.13. The SMILES string of the molecule is CN(Cc1nc2ccc(Cl)cc2[nH]1)Cc1nc(Cc2ccccc2F)no1. The van der Waals surface area contributed by atoms with Gasteiger partial charge in [0.25, 0.3) is 0 Å². The van der Waals surface area contributed by atoms with Gasteiger partial charge in [0.05, 0.1) is 24.1 Å². The summed E-state index contributed by atoms with van der Waals surface area (Å²) in [5.74, 6) is 1.48. The Morgan fingerprint density at radius 3 is 2.85 bits per heavy atom. The van der Waals surface area contributed by atoms with Gasteiger partial charge in [0.2, 0.25) is 5.89 Å². The minimum atomic E-state index is -0.272. The van der Waals surface area contributed by atoms with Gasteiger partial charge in [0, 0.05) is 11.4 Å². The number of rotatable bonds is 6. The molecule has 4 rings (SSSR count). The van der Waals surface area contributed by atoms with Crippen LogP contribution in [-0.4, -0.2) is 32.1 Å². The molecule has 0 saturated heterocycles. The molecule has 0 aliphatic rings. The van der Waals surface area contributed by atoms with Crippen molar-refractivity contribution in [3.8, 4) is 0 Å². The largest absolute Gasteiger partial charge is 0.341 e. The number of aromatic nitrogens is 4. The minimum absolute atomic E-state index is 0.272. The van der Waals surface area contributed by atoms with Crippen LogP contribution in [0.3, 0.4) is 0 Å². The summed E-state index contributed by atoms with van der Waals surface area (Å²) in [7, 11) is 1.93. The lowest BCUT2D eigenvalue weighted by Crippen LogP contribution is -2.18. The van der Waals surface area contributed by atoms with Gasteiger partial charge in [-0.05, 0) is 36.9 Å². The van der Waals surface area contributed by atoms with Crippen LogP contribution in [0.4, 0.5) is 4.39 Å². The van der Waals surface area contributed by atoms with Gasteiger partial charge in [-0.1, -0.05) is 35.0 Å². The van der Waals surface area contributed by atoms with Gasteiger partial charge >= 0.3 is 0 Å². The molecular weight excluding hydrogens is 369 g/mol. The standard InChI is InChI=1S/C19H17ClFN5O/c1-26(10-18-22-15-7-6-13(20)9-16(15)23-18)11-19-24-17(25-27-19)8-12-4-2-3-5-14(12)21/h2-7,9H,8,10-11H2,1H3,(H,22,23). The molecule has 0 spiro atoms. The molecule has 2 heterocycles. The maximum absolute atomic E-state index is 13.7. The highest BCUT2D eigenvalue weighted by Crippen LogP contribution is 2.18. The molecule has 2 aromatic carbocycles. The van der Waals surface area contributed by atoms with Gasteiger partial charge in [-0.3, -0.25) is 4.90 Å². The number of benzene rings is 2. The first kappa shape index (κ1) is 17.6. The Morgan fingerprint density at radius 1 is 1.15 bits per heavy atom. The van der Waals surface area contributed by atoms with Crippen molar-refractivity contribution in [1.29, 1.82) is 0 Å². The average molecular weight is 386 g/mol. The van der Waals surface area contributed by atoms with Crippen molar-refractivity contribution < 1.29 is 8.91 Å². The van der Waals surface area contributed by atoms with Gasteiger partial charge < -0.3 is 9.51 Å². The summed E-state index contributed by atoms with van der Waals surface area (Å²) in [6.45, 7) is 1.04. The van der Waals surface area contributed by atoms with E-state index in [2.05, 4.69) is 20.1 Å². The van der Waals surface area contributed by atoms with Crippen molar-refractivity contribution in [2.75, 3.05) is 7.05 Å². The smallest absolute Gasteiger partial charge is 0.240 e. The van der Waals surface area contributed by atoms with Crippen LogP contribution in [0.25, 0.3) is 11.0 Å². The fourth-order valence-corrected chi connectivity index (χ4v) is 3.06. The van der Waals surface area contributed by atoms with Gasteiger partial charge in [-0.15, -0.1) is 0 Å². The first-order valence-electron chi connectivity index (χ1n) is 8.44. The fraction of sp³-hybridized carbons (Fsp3) is 0.211. The van der Waals surface area contributed by atoms with Crippen molar-refractivity contribution >= 4 is 22.6 Å². The number of halogens is 2. The zero-order valence-electron chi connectivity index (χ0n) is 14.6. The highest BCUT2D eigenvalue weighted by atomic mass is 35.5. The number of H-pyrrole nitrogens is 1. The zero-order valence-corrected chi connectivity index (χ0v) is 15.4. The van der Waals surface area contributed by atoms with E-state index in [9.17, 15) is 4.39 Å². The van der Waals surface area contributed by atoms with Crippen molar-refractivity contribution in [3.63, 3.8) is 0 Å². The van der Waals surface area contributed by atoms with E-state index in [1.807, 2.05) is 30.1 Å². The van der Waals surface area contributed by atoms with Crippen molar-refractivity contribution in [2.45, 2.75) is 19.5 Å². The number of imidazole rings is 1. The predicted molar refractivity (Wildman–Crippen MR) is 99.8 cm³/mol. The van der Waals surface area contributed by atoms with E-state index >= 15 is 0 Å². The summed E-state index contributed by atoms with van der Waals surface area (Å²) < 4.78 is 19.0. The third-order valence-corrected chi connectivity index (χ3v) is 4.37. The molecular formula is C19H17ClFN5O. The molecule has 6 nitrogen and oxygen atoms in total. The Balaban J connectivity index is 1.40. The topological polar surface area (TPSA) is 70.8 Å². The average Bonchev–Trinajstić information content (AvgIpc) is 3.22. The molecule has 2 aromatic heterocycles. The summed E-state index contributed by atoms with van der Waals surface area (Å²) >= 11 is 6.00. The Bertz CT molecular complexity index is 1080. The van der Waals surface area contributed by atoms with Crippen LogP contribution in [0.2, 0.25) is 5.02 Å². The highest BCUT2D eigenvalue weighted by molar-refractivity contribution is 6.31. The van der Waals surface area contributed by atoms with E-state index < -0.39 is 0 Å². The third kappa shape index (κ3) is 4.15. The third-order valence-electron chi connectivity index (χ3n) is 4.13. The molecule has 0 unspecified atom stereocenters. The van der Waals surface area contributed by atoms with Crippen LogP contribution in [-0.2, 0) is 19.5 Å². The maximum atomic E-state index is 13.7. The molecule has 0 aliphatic heterocycles. The normalized spacial score (nSPS) is 11.6. The van der Waals surface area contributed by atoms with E-state index in [4.69, 9.17) is 16.1 Å². The number of nitrogens with one attached hydrogen (secondary N) is 1. The van der Waals surface area contributed by atoms with Crippen LogP contribution in [0.15, 0.2) is 47.0 Å². The second-order valence-electron chi connectivity index (χ2n) is 6.39. The summed E-state index contributed by atoms with van der Waals surface area (Å²) in [6.07, 6.45) is 0.296. The first-order valence-corrected chi connectivity index (χ1v) is 8.82. The zero-order chi connectivity index (χ0) is 18.8. The van der Waals surface area contributed by atoms with Crippen molar-refractivity contribution in [2.24, 2.45) is 0 Å². The van der Waals surface area contributed by atoms with Crippen LogP contribution < -0.4 is 0 Å². The summed E-state index contributed by atoms with van der Waals surface area (Å²) in [5, 5.41) is 4.61. The molecule has 0 atom stereocenters. The molecule has 0 amide bonds. The van der Waals surface area contributed by atoms with Crippen molar-refractivity contribution in [1.82, 2.24) is 25.0 Å². The molecule has 8 heteroatoms. The number of aromatic amines is 1. The lowest BCUT2D eigenvalue weighted by atomic mass is 10.1. The Hall–Kier alpha value is -2.77. The van der Waals surface area contributed by atoms with Gasteiger partial charge in [0.1, 0.15) is 11.6 Å². The molecule has 0 saturated carbocycles. The van der Waals surface area contributed by atoms with Gasteiger partial charge in [0.15, 0.2) is 5.82 Å². The minimum Gasteiger partial charge on any atom is -0.341 e. The summed E-state index contributed by atoms with van der Waals surface area (Å²) in [4.78, 5) is 14.1. The molecule has 27 heavy (non-hydrogen) atoms. The lowest BCUT2D eigenvalue weighted by molar-refractivity contribution is 0.256. The Kier molecular flexibility index (Phi) is 4.87. The molecule has 1 N–H and O–H groups in total. The van der Waals surface area contributed by atoms with E-state index in [0.29, 0.717) is 41.8 Å². The van der Waals surface area contributed by atoms with E-state index in [1.165, 1.54) is 6.07 Å². The van der Waals surface area contributed by atoms with Crippen molar-refractivity contribution in [3.05, 3.63) is 76.4 Å². The summed E-state index contributed by atoms with van der Waals surface area (Å²) in [5.41, 5.74) is 2.31. The maximum Gasteiger partial charge on any atom is 0.240 e. The molecule has 4 aromatic rings. The quantitative estimate of drug-likeness (QED) is 0.544. The predicted octanol–water partition coefficient (Wildman–Crippen LogP) is 3.96. The molecule has 0 aliphatic carbocycles. The number of nitrogens with zero attached hydrogens (tertiary/aromatic N) is 4. The van der Waals surface area contributed by atoms with Crippen LogP contribution in [0.1, 0.15) is 23.1 Å². The Labute approximate surface area is 160 Å². The lowest BCUT2D eigenvalue weighted by Gasteiger charge is -2.11. The van der Waals surface area contributed by atoms with Crippen LogP contribution in [0, 0.1) is 5.82 Å². The number of hydrogen-bond acceptors (Lipinski definition) is 5. The summed E-state index contributed by atoms with van der Waals surface area (Å²) in [6, 6.07) is 12.1. The van der Waals surface area contributed by atoms with E-state index in [0.717, 1.165) is 16.9 Å². The monoisotopic (exact) mass is 385 g/mol.